The molecule has 0 aromatic heterocycles. The molecule has 0 aliphatic carbocycles. The van der Waals surface area contributed by atoms with Crippen LogP contribution in [0.15, 0.2) is 66.7 Å². The van der Waals surface area contributed by atoms with Crippen molar-refractivity contribution >= 4 is 21.7 Å². The third kappa shape index (κ3) is 4.46. The largest absolute Gasteiger partial charge is 0.496 e. The molecule has 30 heavy (non-hydrogen) atoms. The molecule has 0 heterocycles. The number of hydrogen-bond acceptors (Lipinski definition) is 4. The predicted molar refractivity (Wildman–Crippen MR) is 119 cm³/mol. The molecule has 0 fully saturated rings. The van der Waals surface area contributed by atoms with Gasteiger partial charge in [-0.3, -0.25) is 4.72 Å². The lowest BCUT2D eigenvalue weighted by Crippen LogP contribution is -2.22. The number of hydrogen-bond donors (Lipinski definition) is 2. The fourth-order valence-electron chi connectivity index (χ4n) is 2.99. The maximum atomic E-state index is 12.3. The highest BCUT2D eigenvalue weighted by atomic mass is 32.2. The van der Waals surface area contributed by atoms with Crippen molar-refractivity contribution < 1.29 is 23.1 Å². The molecule has 3 aromatic carbocycles. The number of aromatic carboxylic acids is 1. The number of nitrogens with one attached hydrogen (secondary N) is 1. The highest BCUT2D eigenvalue weighted by molar-refractivity contribution is 7.93. The van der Waals surface area contributed by atoms with Crippen LogP contribution in [0.2, 0.25) is 0 Å². The van der Waals surface area contributed by atoms with Crippen LogP contribution in [0.4, 0.5) is 5.69 Å². The molecule has 156 valence electrons. The molecule has 0 unspecified atom stereocenters. The number of carboxylic acids is 1. The minimum atomic E-state index is -3.47. The Morgan fingerprint density at radius 2 is 1.53 bits per heavy atom. The van der Waals surface area contributed by atoms with Gasteiger partial charge in [0.05, 0.1) is 23.6 Å². The van der Waals surface area contributed by atoms with Crippen molar-refractivity contribution in [1.29, 1.82) is 0 Å². The van der Waals surface area contributed by atoms with E-state index >= 15 is 0 Å². The third-order valence-electron chi connectivity index (χ3n) is 4.76. The zero-order valence-electron chi connectivity index (χ0n) is 16.9. The van der Waals surface area contributed by atoms with Crippen LogP contribution in [-0.2, 0) is 10.0 Å². The molecular formula is C23H23NO5S. The van der Waals surface area contributed by atoms with E-state index < -0.39 is 21.2 Å². The Hall–Kier alpha value is -3.32. The molecule has 0 spiro atoms. The summed E-state index contributed by atoms with van der Waals surface area (Å²) in [5.41, 5.74) is 3.90. The Balaban J connectivity index is 1.97. The lowest BCUT2D eigenvalue weighted by atomic mass is 9.98. The predicted octanol–water partition coefficient (Wildman–Crippen LogP) is 4.88. The minimum Gasteiger partial charge on any atom is -0.496 e. The Bertz CT molecular complexity index is 1170. The fraction of sp³-hybridized carbons (Fsp3) is 0.174. The molecule has 0 radical (unpaired) electrons. The van der Waals surface area contributed by atoms with Crippen molar-refractivity contribution in [2.45, 2.75) is 19.1 Å². The van der Waals surface area contributed by atoms with Gasteiger partial charge in [-0.15, -0.1) is 0 Å². The number of ether oxygens (including phenoxy) is 1. The number of anilines is 1. The van der Waals surface area contributed by atoms with Crippen LogP contribution in [0.3, 0.4) is 0 Å². The van der Waals surface area contributed by atoms with Crippen LogP contribution in [-0.4, -0.2) is 31.9 Å². The van der Waals surface area contributed by atoms with Gasteiger partial charge in [-0.25, -0.2) is 13.2 Å². The second-order valence-electron chi connectivity index (χ2n) is 7.04. The smallest absolute Gasteiger partial charge is 0.335 e. The Morgan fingerprint density at radius 3 is 2.10 bits per heavy atom. The van der Waals surface area contributed by atoms with Crippen molar-refractivity contribution in [3.8, 4) is 28.0 Å². The summed E-state index contributed by atoms with van der Waals surface area (Å²) in [4.78, 5) is 11.2. The summed E-state index contributed by atoms with van der Waals surface area (Å²) in [7, 11) is -1.97. The van der Waals surface area contributed by atoms with Crippen molar-refractivity contribution in [2.75, 3.05) is 11.8 Å². The van der Waals surface area contributed by atoms with Gasteiger partial charge in [0.1, 0.15) is 5.75 Å². The molecule has 0 amide bonds. The van der Waals surface area contributed by atoms with Gasteiger partial charge in [0.15, 0.2) is 0 Å². The number of para-hydroxylation sites is 1. The zero-order chi connectivity index (χ0) is 21.9. The van der Waals surface area contributed by atoms with E-state index in [0.29, 0.717) is 11.4 Å². The average molecular weight is 426 g/mol. The number of methoxy groups -OCH3 is 1. The standard InChI is InChI=1S/C23H23NO5S/c1-15(2)30(27,28)24-21-7-5-4-6-19(21)16-8-10-17(11-9-16)20-13-12-18(23(25)26)14-22(20)29-3/h4-15,24H,1-3H3,(H,25,26). The monoisotopic (exact) mass is 425 g/mol. The second kappa shape index (κ2) is 8.59. The zero-order valence-corrected chi connectivity index (χ0v) is 17.7. The summed E-state index contributed by atoms with van der Waals surface area (Å²) in [6, 6.07) is 19.5. The Labute approximate surface area is 176 Å². The van der Waals surface area contributed by atoms with Crippen LogP contribution in [0, 0.1) is 0 Å². The molecule has 6 nitrogen and oxygen atoms in total. The first-order chi connectivity index (χ1) is 14.2. The van der Waals surface area contributed by atoms with Crippen LogP contribution in [0.1, 0.15) is 24.2 Å². The molecule has 0 bridgehead atoms. The highest BCUT2D eigenvalue weighted by Gasteiger charge is 2.18. The van der Waals surface area contributed by atoms with Crippen LogP contribution >= 0.6 is 0 Å². The lowest BCUT2D eigenvalue weighted by molar-refractivity contribution is 0.0696. The highest BCUT2D eigenvalue weighted by Crippen LogP contribution is 2.34. The topological polar surface area (TPSA) is 92.7 Å². The fourth-order valence-corrected chi connectivity index (χ4v) is 3.71. The Morgan fingerprint density at radius 1 is 0.933 bits per heavy atom. The maximum Gasteiger partial charge on any atom is 0.335 e. The van der Waals surface area contributed by atoms with E-state index in [0.717, 1.165) is 22.3 Å². The number of sulfonamides is 1. The molecule has 3 rings (SSSR count). The summed E-state index contributed by atoms with van der Waals surface area (Å²) in [5.74, 6) is -0.552. The van der Waals surface area contributed by atoms with Crippen molar-refractivity contribution in [1.82, 2.24) is 0 Å². The SMILES string of the molecule is COc1cc(C(=O)O)ccc1-c1ccc(-c2ccccc2NS(=O)(=O)C(C)C)cc1. The quantitative estimate of drug-likeness (QED) is 0.563. The van der Waals surface area contributed by atoms with Gasteiger partial charge in [-0.1, -0.05) is 42.5 Å². The van der Waals surface area contributed by atoms with Crippen LogP contribution in [0.5, 0.6) is 5.75 Å². The molecule has 3 aromatic rings. The van der Waals surface area contributed by atoms with Gasteiger partial charge in [-0.2, -0.15) is 0 Å². The molecule has 0 atom stereocenters. The third-order valence-corrected chi connectivity index (χ3v) is 6.50. The van der Waals surface area contributed by atoms with E-state index in [-0.39, 0.29) is 5.56 Å². The van der Waals surface area contributed by atoms with Crippen molar-refractivity contribution in [2.24, 2.45) is 0 Å². The summed E-state index contributed by atoms with van der Waals surface area (Å²) >= 11 is 0. The summed E-state index contributed by atoms with van der Waals surface area (Å²) < 4.78 is 32.6. The first-order valence-electron chi connectivity index (χ1n) is 9.35. The molecule has 0 aliphatic heterocycles. The number of carboxylic acid groups (broad SMARTS) is 1. The van der Waals surface area contributed by atoms with Gasteiger partial charge in [0.2, 0.25) is 10.0 Å². The van der Waals surface area contributed by atoms with Crippen molar-refractivity contribution in [3.05, 3.63) is 72.3 Å². The van der Waals surface area contributed by atoms with Gasteiger partial charge < -0.3 is 9.84 Å². The first-order valence-corrected chi connectivity index (χ1v) is 10.9. The molecule has 0 saturated heterocycles. The van der Waals surface area contributed by atoms with Gasteiger partial charge in [0, 0.05) is 11.1 Å². The van der Waals surface area contributed by atoms with Crippen LogP contribution < -0.4 is 9.46 Å². The minimum absolute atomic E-state index is 0.151. The Kier molecular flexibility index (Phi) is 6.12. The van der Waals surface area contributed by atoms with Crippen LogP contribution in [0.25, 0.3) is 22.3 Å². The van der Waals surface area contributed by atoms with Crippen molar-refractivity contribution in [3.63, 3.8) is 0 Å². The van der Waals surface area contributed by atoms with Gasteiger partial charge in [-0.05, 0) is 49.2 Å². The molecule has 7 heteroatoms. The summed E-state index contributed by atoms with van der Waals surface area (Å²) in [5, 5.41) is 8.62. The average Bonchev–Trinajstić information content (AvgIpc) is 2.73. The normalized spacial score (nSPS) is 11.3. The second-order valence-corrected chi connectivity index (χ2v) is 9.28. The lowest BCUT2D eigenvalue weighted by Gasteiger charge is -2.15. The number of rotatable bonds is 7. The van der Waals surface area contributed by atoms with E-state index in [4.69, 9.17) is 9.84 Å². The summed E-state index contributed by atoms with van der Waals surface area (Å²) in [6.45, 7) is 3.26. The van der Waals surface area contributed by atoms with E-state index in [1.165, 1.54) is 19.2 Å². The molecular weight excluding hydrogens is 402 g/mol. The van der Waals surface area contributed by atoms with E-state index in [1.54, 1.807) is 32.0 Å². The van der Waals surface area contributed by atoms with Gasteiger partial charge >= 0.3 is 5.97 Å². The van der Waals surface area contributed by atoms with E-state index in [1.807, 2.05) is 36.4 Å². The molecule has 0 saturated carbocycles. The molecule has 0 aliphatic rings. The maximum absolute atomic E-state index is 12.3. The van der Waals surface area contributed by atoms with E-state index in [9.17, 15) is 13.2 Å². The van der Waals surface area contributed by atoms with Gasteiger partial charge in [0.25, 0.3) is 0 Å². The summed E-state index contributed by atoms with van der Waals surface area (Å²) in [6.07, 6.45) is 0. The van der Waals surface area contributed by atoms with E-state index in [2.05, 4.69) is 4.72 Å². The number of carbonyl (C=O) groups is 1. The number of benzene rings is 3. The molecule has 2 N–H and O–H groups in total. The first kappa shape index (κ1) is 21.4.